The quantitative estimate of drug-likeness (QED) is 0.549. The number of piperidine rings is 3. The number of hydrogen-bond acceptors (Lipinski definition) is 4. The molecule has 23 heavy (non-hydrogen) atoms. The molecule has 0 saturated carbocycles. The predicted octanol–water partition coefficient (Wildman–Crippen LogP) is 0.126. The minimum atomic E-state index is 0.457. The van der Waals surface area contributed by atoms with E-state index in [2.05, 4.69) is 26.4 Å². The average molecular weight is 337 g/mol. The number of nitrogens with one attached hydrogen (secondary N) is 2. The highest BCUT2D eigenvalue weighted by atomic mass is 32.1. The monoisotopic (exact) mass is 336 g/mol. The van der Waals surface area contributed by atoms with Gasteiger partial charge in [0.05, 0.1) is 13.2 Å². The van der Waals surface area contributed by atoms with Gasteiger partial charge in [-0.05, 0) is 37.5 Å². The van der Waals surface area contributed by atoms with Crippen LogP contribution >= 0.6 is 12.2 Å². The first-order valence-corrected chi connectivity index (χ1v) is 9.19. The first-order chi connectivity index (χ1) is 11.3. The molecule has 4 fully saturated rings. The van der Waals surface area contributed by atoms with Gasteiger partial charge in [-0.1, -0.05) is 0 Å². The molecule has 0 aromatic rings. The summed E-state index contributed by atoms with van der Waals surface area (Å²) in [5, 5.41) is 7.48. The maximum Gasteiger partial charge on any atom is 0.166 e. The number of hydrogen-bond donors (Lipinski definition) is 2. The van der Waals surface area contributed by atoms with E-state index in [-0.39, 0.29) is 0 Å². The first kappa shape index (κ1) is 17.0. The van der Waals surface area contributed by atoms with Crippen molar-refractivity contribution in [2.75, 3.05) is 59.0 Å². The van der Waals surface area contributed by atoms with Crippen molar-refractivity contribution in [3.8, 4) is 12.3 Å². The molecule has 0 aliphatic carbocycles. The Bertz CT molecular complexity index is 446. The summed E-state index contributed by atoms with van der Waals surface area (Å²) in [6, 6.07) is 0.581. The molecule has 4 heterocycles. The van der Waals surface area contributed by atoms with Crippen molar-refractivity contribution >= 4 is 17.3 Å². The number of ether oxygens (including phenoxy) is 1. The zero-order valence-corrected chi connectivity index (χ0v) is 14.6. The van der Waals surface area contributed by atoms with Crippen LogP contribution in [0.4, 0.5) is 0 Å². The largest absolute Gasteiger partial charge is 0.379 e. The molecule has 4 saturated heterocycles. The Labute approximate surface area is 145 Å². The van der Waals surface area contributed by atoms with Crippen LogP contribution in [0.1, 0.15) is 12.8 Å². The second kappa shape index (κ2) is 8.29. The normalized spacial score (nSPS) is 33.9. The van der Waals surface area contributed by atoms with Crippen LogP contribution < -0.4 is 10.6 Å². The molecule has 2 N–H and O–H groups in total. The van der Waals surface area contributed by atoms with Crippen LogP contribution in [-0.2, 0) is 4.74 Å². The average Bonchev–Trinajstić information content (AvgIpc) is 2.61. The molecule has 6 heteroatoms. The molecule has 128 valence electrons. The van der Waals surface area contributed by atoms with E-state index in [9.17, 15) is 0 Å². The Balaban J connectivity index is 1.31. The van der Waals surface area contributed by atoms with Crippen LogP contribution in [-0.4, -0.2) is 80.0 Å². The van der Waals surface area contributed by atoms with Gasteiger partial charge in [-0.15, -0.1) is 12.3 Å². The summed E-state index contributed by atoms with van der Waals surface area (Å²) in [5.74, 6) is 4.13. The lowest BCUT2D eigenvalue weighted by atomic mass is 9.76. The van der Waals surface area contributed by atoms with Crippen LogP contribution in [0.25, 0.3) is 0 Å². The molecular weight excluding hydrogens is 308 g/mol. The molecule has 4 aliphatic heterocycles. The summed E-state index contributed by atoms with van der Waals surface area (Å²) >= 11 is 5.41. The fourth-order valence-electron chi connectivity index (χ4n) is 3.96. The third-order valence-electron chi connectivity index (χ3n) is 5.41. The van der Waals surface area contributed by atoms with Gasteiger partial charge in [0.25, 0.3) is 0 Å². The van der Waals surface area contributed by atoms with E-state index >= 15 is 0 Å². The van der Waals surface area contributed by atoms with Gasteiger partial charge in [0, 0.05) is 51.2 Å². The standard InChI is InChI=1S/C17H28N4OS/c1-2-14-13-21-5-3-15(14)11-16(21)12-19-17(23)18-4-6-20-7-9-22-10-8-20/h1,14-16H,3-13H2,(H2,18,19,23). The number of fused-ring (bicyclic) bond motifs is 3. The van der Waals surface area contributed by atoms with Gasteiger partial charge in [0.15, 0.2) is 5.11 Å². The summed E-state index contributed by atoms with van der Waals surface area (Å²) in [6.07, 6.45) is 8.10. The number of rotatable bonds is 5. The molecular formula is C17H28N4OS. The lowest BCUT2D eigenvalue weighted by Crippen LogP contribution is -2.57. The van der Waals surface area contributed by atoms with E-state index in [1.54, 1.807) is 0 Å². The molecule has 2 bridgehead atoms. The van der Waals surface area contributed by atoms with Crippen LogP contribution in [0.3, 0.4) is 0 Å². The van der Waals surface area contributed by atoms with E-state index in [0.29, 0.717) is 17.9 Å². The second-order valence-corrected chi connectivity index (χ2v) is 7.21. The summed E-state index contributed by atoms with van der Waals surface area (Å²) < 4.78 is 5.36. The molecule has 4 aliphatic rings. The second-order valence-electron chi connectivity index (χ2n) is 6.80. The summed E-state index contributed by atoms with van der Waals surface area (Å²) in [7, 11) is 0. The minimum absolute atomic E-state index is 0.457. The Morgan fingerprint density at radius 2 is 2.09 bits per heavy atom. The summed E-state index contributed by atoms with van der Waals surface area (Å²) in [5.41, 5.74) is 0. The van der Waals surface area contributed by atoms with E-state index in [0.717, 1.165) is 57.6 Å². The number of morpholine rings is 1. The number of terminal acetylenes is 1. The third kappa shape index (κ3) is 4.57. The van der Waals surface area contributed by atoms with E-state index in [1.807, 2.05) is 0 Å². The van der Waals surface area contributed by atoms with Crippen molar-refractivity contribution in [1.29, 1.82) is 0 Å². The van der Waals surface area contributed by atoms with Crippen LogP contribution in [0.5, 0.6) is 0 Å². The van der Waals surface area contributed by atoms with Gasteiger partial charge in [-0.25, -0.2) is 0 Å². The zero-order chi connectivity index (χ0) is 16.1. The highest BCUT2D eigenvalue weighted by Crippen LogP contribution is 2.35. The SMILES string of the molecule is C#CC1CN2CCC1CC2CNC(=S)NCCN1CCOCC1. The Morgan fingerprint density at radius 3 is 2.78 bits per heavy atom. The molecule has 0 radical (unpaired) electrons. The van der Waals surface area contributed by atoms with Crippen molar-refractivity contribution < 1.29 is 4.74 Å². The molecule has 5 nitrogen and oxygen atoms in total. The minimum Gasteiger partial charge on any atom is -0.379 e. The number of thiocarbonyl (C=S) groups is 1. The summed E-state index contributed by atoms with van der Waals surface area (Å²) in [6.45, 7) is 8.83. The van der Waals surface area contributed by atoms with E-state index < -0.39 is 0 Å². The lowest BCUT2D eigenvalue weighted by molar-refractivity contribution is 0.0247. The molecule has 4 atom stereocenters. The van der Waals surface area contributed by atoms with Gasteiger partial charge in [0.2, 0.25) is 0 Å². The maximum atomic E-state index is 5.64. The van der Waals surface area contributed by atoms with Gasteiger partial charge in [0.1, 0.15) is 0 Å². The van der Waals surface area contributed by atoms with Crippen LogP contribution in [0.15, 0.2) is 0 Å². The van der Waals surface area contributed by atoms with Gasteiger partial charge >= 0.3 is 0 Å². The van der Waals surface area contributed by atoms with Crippen molar-refractivity contribution in [2.24, 2.45) is 11.8 Å². The van der Waals surface area contributed by atoms with Gasteiger partial charge in [-0.3, -0.25) is 9.80 Å². The lowest BCUT2D eigenvalue weighted by Gasteiger charge is -2.48. The first-order valence-electron chi connectivity index (χ1n) is 8.78. The summed E-state index contributed by atoms with van der Waals surface area (Å²) in [4.78, 5) is 4.94. The third-order valence-corrected chi connectivity index (χ3v) is 5.70. The van der Waals surface area contributed by atoms with Crippen molar-refractivity contribution in [1.82, 2.24) is 20.4 Å². The Hall–Kier alpha value is -0.870. The molecule has 0 spiro atoms. The highest BCUT2D eigenvalue weighted by Gasteiger charge is 2.39. The fourth-order valence-corrected chi connectivity index (χ4v) is 4.15. The molecule has 0 aromatic heterocycles. The Kier molecular flexibility index (Phi) is 6.12. The fraction of sp³-hybridized carbons (Fsp3) is 0.824. The molecule has 4 unspecified atom stereocenters. The maximum absolute atomic E-state index is 5.64. The van der Waals surface area contributed by atoms with Crippen molar-refractivity contribution in [2.45, 2.75) is 18.9 Å². The molecule has 4 rings (SSSR count). The van der Waals surface area contributed by atoms with Crippen molar-refractivity contribution in [3.63, 3.8) is 0 Å². The van der Waals surface area contributed by atoms with Crippen molar-refractivity contribution in [3.05, 3.63) is 0 Å². The van der Waals surface area contributed by atoms with Gasteiger partial charge in [-0.2, -0.15) is 0 Å². The topological polar surface area (TPSA) is 39.8 Å². The zero-order valence-electron chi connectivity index (χ0n) is 13.8. The van der Waals surface area contributed by atoms with Crippen LogP contribution in [0, 0.1) is 24.2 Å². The Morgan fingerprint density at radius 1 is 1.26 bits per heavy atom. The van der Waals surface area contributed by atoms with E-state index in [1.165, 1.54) is 19.4 Å². The van der Waals surface area contributed by atoms with Gasteiger partial charge < -0.3 is 15.4 Å². The van der Waals surface area contributed by atoms with E-state index in [4.69, 9.17) is 23.4 Å². The highest BCUT2D eigenvalue weighted by molar-refractivity contribution is 7.80. The van der Waals surface area contributed by atoms with Crippen LogP contribution in [0.2, 0.25) is 0 Å². The smallest absolute Gasteiger partial charge is 0.166 e. The number of nitrogens with zero attached hydrogens (tertiary/aromatic N) is 2. The molecule has 0 aromatic carbocycles. The predicted molar refractivity (Wildman–Crippen MR) is 96.3 cm³/mol. The molecule has 0 amide bonds.